The number of ketones is 1. The molecule has 3 aromatic heterocycles. The number of ether oxygens (including phenoxy) is 2. The van der Waals surface area contributed by atoms with Gasteiger partial charge in [-0.15, -0.1) is 11.3 Å². The fraction of sp³-hybridized carbons (Fsp3) is 0.320. The van der Waals surface area contributed by atoms with Crippen LogP contribution in [0.25, 0.3) is 11.0 Å². The van der Waals surface area contributed by atoms with Crippen molar-refractivity contribution in [3.63, 3.8) is 0 Å². The highest BCUT2D eigenvalue weighted by Gasteiger charge is 2.26. The molecular formula is C25H25N3O3S. The Morgan fingerprint density at radius 1 is 1.19 bits per heavy atom. The number of rotatable bonds is 8. The van der Waals surface area contributed by atoms with Crippen LogP contribution in [0.5, 0.6) is 11.5 Å². The van der Waals surface area contributed by atoms with E-state index in [9.17, 15) is 4.79 Å². The van der Waals surface area contributed by atoms with E-state index < -0.39 is 0 Å². The summed E-state index contributed by atoms with van der Waals surface area (Å²) < 4.78 is 12.3. The molecule has 4 aromatic rings. The lowest BCUT2D eigenvalue weighted by Gasteiger charge is -2.16. The van der Waals surface area contributed by atoms with E-state index in [1.54, 1.807) is 23.7 Å². The second-order valence-corrected chi connectivity index (χ2v) is 9.65. The van der Waals surface area contributed by atoms with Gasteiger partial charge in [0.15, 0.2) is 17.3 Å². The number of pyridine rings is 1. The third kappa shape index (κ3) is 4.12. The first-order valence-electron chi connectivity index (χ1n) is 10.8. The van der Waals surface area contributed by atoms with Crippen LogP contribution >= 0.6 is 11.3 Å². The average molecular weight is 448 g/mol. The van der Waals surface area contributed by atoms with Gasteiger partial charge >= 0.3 is 0 Å². The van der Waals surface area contributed by atoms with Crippen molar-refractivity contribution in [2.45, 2.75) is 40.2 Å². The van der Waals surface area contributed by atoms with Gasteiger partial charge in [-0.25, -0.2) is 9.97 Å². The molecule has 0 atom stereocenters. The van der Waals surface area contributed by atoms with Gasteiger partial charge in [0.05, 0.1) is 27.7 Å². The minimum Gasteiger partial charge on any atom is -0.489 e. The minimum atomic E-state index is -0.107. The van der Waals surface area contributed by atoms with E-state index >= 15 is 0 Å². The van der Waals surface area contributed by atoms with Crippen molar-refractivity contribution in [2.24, 2.45) is 5.92 Å². The van der Waals surface area contributed by atoms with Crippen molar-refractivity contribution in [2.75, 3.05) is 6.61 Å². The normalized spacial score (nSPS) is 13.5. The molecule has 1 aromatic carbocycles. The van der Waals surface area contributed by atoms with Crippen LogP contribution in [0.1, 0.15) is 49.9 Å². The van der Waals surface area contributed by atoms with Crippen molar-refractivity contribution < 1.29 is 14.3 Å². The van der Waals surface area contributed by atoms with Gasteiger partial charge in [0, 0.05) is 23.3 Å². The molecule has 6 nitrogen and oxygen atoms in total. The summed E-state index contributed by atoms with van der Waals surface area (Å²) in [5.74, 6) is 1.54. The topological polar surface area (TPSA) is 77.1 Å². The summed E-state index contributed by atoms with van der Waals surface area (Å²) >= 11 is 1.62. The molecule has 1 fully saturated rings. The Morgan fingerprint density at radius 3 is 2.78 bits per heavy atom. The fourth-order valence-electron chi connectivity index (χ4n) is 3.73. The van der Waals surface area contributed by atoms with Crippen LogP contribution in [-0.4, -0.2) is 27.3 Å². The predicted octanol–water partition coefficient (Wildman–Crippen LogP) is 5.54. The number of benzene rings is 1. The van der Waals surface area contributed by atoms with Crippen LogP contribution in [0, 0.1) is 26.7 Å². The molecule has 1 aliphatic carbocycles. The number of carbonyl (C=O) groups excluding carboxylic acids is 1. The minimum absolute atomic E-state index is 0.107. The van der Waals surface area contributed by atoms with Gasteiger partial charge in [-0.1, -0.05) is 6.07 Å². The lowest BCUT2D eigenvalue weighted by Crippen LogP contribution is -2.09. The maximum Gasteiger partial charge on any atom is 0.199 e. The lowest BCUT2D eigenvalue weighted by molar-refractivity contribution is 0.103. The summed E-state index contributed by atoms with van der Waals surface area (Å²) in [7, 11) is 0. The van der Waals surface area contributed by atoms with Crippen LogP contribution in [0.4, 0.5) is 0 Å². The van der Waals surface area contributed by atoms with Crippen molar-refractivity contribution in [1.82, 2.24) is 15.0 Å². The monoisotopic (exact) mass is 447 g/mol. The van der Waals surface area contributed by atoms with Gasteiger partial charge in [0.25, 0.3) is 0 Å². The molecule has 32 heavy (non-hydrogen) atoms. The third-order valence-electron chi connectivity index (χ3n) is 5.65. The standard InChI is InChI=1S/C25H25N3O3S/c1-14-9-19-20(11-27-25(19)26-10-14)23(29)18-5-4-6-21(24(18)31-12-17-7-8-17)30-13-22-15(2)28-16(3)32-22/h4-6,9-11,17H,7-8,12-13H2,1-3H3,(H,26,27). The van der Waals surface area contributed by atoms with Crippen molar-refractivity contribution in [3.05, 3.63) is 68.9 Å². The maximum absolute atomic E-state index is 13.6. The number of para-hydroxylation sites is 1. The Balaban J connectivity index is 1.50. The lowest BCUT2D eigenvalue weighted by atomic mass is 10.0. The Labute approximate surface area is 190 Å². The first-order chi connectivity index (χ1) is 15.5. The quantitative estimate of drug-likeness (QED) is 0.359. The summed E-state index contributed by atoms with van der Waals surface area (Å²) in [5.41, 5.74) is 3.76. The number of aromatic nitrogens is 3. The van der Waals surface area contributed by atoms with Gasteiger partial charge in [0.2, 0.25) is 0 Å². The Kier molecular flexibility index (Phi) is 5.43. The van der Waals surface area contributed by atoms with E-state index in [2.05, 4.69) is 15.0 Å². The number of hydrogen-bond acceptors (Lipinski definition) is 6. The number of nitrogens with one attached hydrogen (secondary N) is 1. The molecule has 3 heterocycles. The number of hydrogen-bond donors (Lipinski definition) is 1. The molecule has 1 N–H and O–H groups in total. The fourth-order valence-corrected chi connectivity index (χ4v) is 4.58. The zero-order valence-electron chi connectivity index (χ0n) is 18.4. The smallest absolute Gasteiger partial charge is 0.199 e. The van der Waals surface area contributed by atoms with Crippen molar-refractivity contribution in [1.29, 1.82) is 0 Å². The first-order valence-corrected chi connectivity index (χ1v) is 11.6. The van der Waals surface area contributed by atoms with Crippen LogP contribution in [0.15, 0.2) is 36.7 Å². The van der Waals surface area contributed by atoms with Crippen molar-refractivity contribution in [3.8, 4) is 11.5 Å². The highest BCUT2D eigenvalue weighted by Crippen LogP contribution is 2.37. The zero-order chi connectivity index (χ0) is 22.2. The van der Waals surface area contributed by atoms with Crippen molar-refractivity contribution >= 4 is 28.2 Å². The van der Waals surface area contributed by atoms with E-state index in [-0.39, 0.29) is 5.78 Å². The number of nitrogens with zero attached hydrogens (tertiary/aromatic N) is 2. The molecule has 0 bridgehead atoms. The maximum atomic E-state index is 13.6. The van der Waals surface area contributed by atoms with E-state index in [4.69, 9.17) is 9.47 Å². The predicted molar refractivity (Wildman–Crippen MR) is 125 cm³/mol. The van der Waals surface area contributed by atoms with E-state index in [0.717, 1.165) is 26.5 Å². The highest BCUT2D eigenvalue weighted by atomic mass is 32.1. The summed E-state index contributed by atoms with van der Waals surface area (Å²) in [6, 6.07) is 7.49. The molecule has 0 aliphatic heterocycles. The number of fused-ring (bicyclic) bond motifs is 1. The second-order valence-electron chi connectivity index (χ2n) is 8.36. The number of carbonyl (C=O) groups is 1. The molecule has 0 spiro atoms. The third-order valence-corrected chi connectivity index (χ3v) is 6.70. The second kappa shape index (κ2) is 8.39. The SMILES string of the molecule is Cc1cnc2[nH]cc(C(=O)c3cccc(OCc4sc(C)nc4C)c3OCC3CC3)c2c1. The molecule has 1 saturated carbocycles. The number of H-pyrrole nitrogens is 1. The van der Waals surface area contributed by atoms with E-state index in [0.29, 0.717) is 47.4 Å². The van der Waals surface area contributed by atoms with Crippen LogP contribution in [0.3, 0.4) is 0 Å². The summed E-state index contributed by atoms with van der Waals surface area (Å²) in [5, 5.41) is 1.82. The van der Waals surface area contributed by atoms with Gasteiger partial charge in [-0.2, -0.15) is 0 Å². The van der Waals surface area contributed by atoms with E-state index in [1.165, 1.54) is 12.8 Å². The molecule has 1 aliphatic rings. The summed E-state index contributed by atoms with van der Waals surface area (Å²) in [4.78, 5) is 26.6. The van der Waals surface area contributed by atoms with Crippen LogP contribution < -0.4 is 9.47 Å². The van der Waals surface area contributed by atoms with Gasteiger partial charge in [0.1, 0.15) is 12.3 Å². The van der Waals surface area contributed by atoms with E-state index in [1.807, 2.05) is 45.0 Å². The largest absolute Gasteiger partial charge is 0.489 e. The summed E-state index contributed by atoms with van der Waals surface area (Å²) in [6.07, 6.45) is 5.84. The molecule has 0 saturated heterocycles. The van der Waals surface area contributed by atoms with Gasteiger partial charge in [-0.05, 0) is 63.3 Å². The molecule has 0 unspecified atom stereocenters. The Morgan fingerprint density at radius 2 is 2.03 bits per heavy atom. The molecule has 5 rings (SSSR count). The molecule has 0 radical (unpaired) electrons. The van der Waals surface area contributed by atoms with Crippen LogP contribution in [-0.2, 0) is 6.61 Å². The van der Waals surface area contributed by atoms with Gasteiger partial charge < -0.3 is 14.5 Å². The average Bonchev–Trinajstić information content (AvgIpc) is 3.43. The number of aryl methyl sites for hydroxylation is 3. The summed E-state index contributed by atoms with van der Waals surface area (Å²) in [6.45, 7) is 6.93. The zero-order valence-corrected chi connectivity index (χ0v) is 19.2. The Bertz CT molecular complexity index is 1300. The van der Waals surface area contributed by atoms with Gasteiger partial charge in [-0.3, -0.25) is 4.79 Å². The molecule has 0 amide bonds. The molecule has 7 heteroatoms. The highest BCUT2D eigenvalue weighted by molar-refractivity contribution is 7.11. The first kappa shape index (κ1) is 20.7. The Hall–Kier alpha value is -3.19. The molecular weight excluding hydrogens is 422 g/mol. The van der Waals surface area contributed by atoms with Crippen LogP contribution in [0.2, 0.25) is 0 Å². The number of aromatic amines is 1. The number of thiazole rings is 1. The molecule has 164 valence electrons.